The Morgan fingerprint density at radius 2 is 1.84 bits per heavy atom. The van der Waals surface area contributed by atoms with Crippen LogP contribution in [0.2, 0.25) is 0 Å². The first-order chi connectivity index (χ1) is 15.0. The molecule has 1 N–H and O–H groups in total. The lowest BCUT2D eigenvalue weighted by molar-refractivity contribution is -0.122. The van der Waals surface area contributed by atoms with E-state index >= 15 is 0 Å². The molecule has 2 heterocycles. The Morgan fingerprint density at radius 3 is 2.61 bits per heavy atom. The normalized spacial score (nSPS) is 14.2. The lowest BCUT2D eigenvalue weighted by Crippen LogP contribution is -2.30. The van der Waals surface area contributed by atoms with Crippen LogP contribution in [0.1, 0.15) is 54.3 Å². The molecule has 6 heteroatoms. The summed E-state index contributed by atoms with van der Waals surface area (Å²) in [6, 6.07) is 13.3. The molecular weight excluding hydrogens is 392 g/mol. The lowest BCUT2D eigenvalue weighted by Gasteiger charge is -2.17. The first kappa shape index (κ1) is 21.0. The molecule has 162 valence electrons. The average molecular weight is 421 g/mol. The summed E-state index contributed by atoms with van der Waals surface area (Å²) in [7, 11) is 0. The van der Waals surface area contributed by atoms with Crippen molar-refractivity contribution in [3.63, 3.8) is 0 Å². The number of Topliss-reactive ketones (excluding diaryl/α,β-unsaturated/α-hetero) is 1. The van der Waals surface area contributed by atoms with Crippen molar-refractivity contribution < 1.29 is 19.1 Å². The molecule has 1 amide bonds. The predicted octanol–water partition coefficient (Wildman–Crippen LogP) is 4.58. The summed E-state index contributed by atoms with van der Waals surface area (Å²) in [5, 5.41) is 3.97. The molecular formula is C25H28N2O4. The maximum Gasteiger partial charge on any atom is 0.240 e. The van der Waals surface area contributed by atoms with E-state index in [9.17, 15) is 9.59 Å². The molecule has 0 radical (unpaired) electrons. The number of rotatable bonds is 6. The zero-order valence-corrected chi connectivity index (χ0v) is 18.2. The van der Waals surface area contributed by atoms with Crippen molar-refractivity contribution >= 4 is 22.6 Å². The molecule has 1 aliphatic heterocycles. The second kappa shape index (κ2) is 8.84. The fourth-order valence-electron chi connectivity index (χ4n) is 4.13. The van der Waals surface area contributed by atoms with Crippen LogP contribution in [0.25, 0.3) is 10.9 Å². The van der Waals surface area contributed by atoms with Gasteiger partial charge < -0.3 is 19.4 Å². The van der Waals surface area contributed by atoms with Gasteiger partial charge in [0.1, 0.15) is 6.54 Å². The molecule has 0 fully saturated rings. The summed E-state index contributed by atoms with van der Waals surface area (Å²) in [5.74, 6) is 1.43. The highest BCUT2D eigenvalue weighted by Crippen LogP contribution is 2.32. The van der Waals surface area contributed by atoms with Crippen LogP contribution in [0.5, 0.6) is 11.5 Å². The maximum atomic E-state index is 12.9. The van der Waals surface area contributed by atoms with Crippen molar-refractivity contribution in [3.05, 3.63) is 59.3 Å². The van der Waals surface area contributed by atoms with Crippen LogP contribution in [0, 0.1) is 6.92 Å². The van der Waals surface area contributed by atoms with Crippen LogP contribution in [0.15, 0.2) is 42.5 Å². The van der Waals surface area contributed by atoms with E-state index in [1.165, 1.54) is 0 Å². The molecule has 2 aromatic carbocycles. The minimum Gasteiger partial charge on any atom is -0.490 e. The fraction of sp³-hybridized carbons (Fsp3) is 0.360. The number of hydrogen-bond acceptors (Lipinski definition) is 4. The van der Waals surface area contributed by atoms with Crippen molar-refractivity contribution in [2.75, 3.05) is 13.2 Å². The number of carbonyl (C=O) groups excluding carboxylic acids is 2. The third kappa shape index (κ3) is 4.15. The molecule has 0 unspecified atom stereocenters. The molecule has 31 heavy (non-hydrogen) atoms. The molecule has 1 aliphatic rings. The highest BCUT2D eigenvalue weighted by Gasteiger charge is 2.21. The topological polar surface area (TPSA) is 69.6 Å². The number of nitrogens with one attached hydrogen (secondary N) is 1. The highest BCUT2D eigenvalue weighted by atomic mass is 16.5. The number of nitrogens with zero attached hydrogens (tertiary/aromatic N) is 1. The van der Waals surface area contributed by atoms with E-state index in [4.69, 9.17) is 9.47 Å². The zero-order chi connectivity index (χ0) is 22.0. The van der Waals surface area contributed by atoms with Gasteiger partial charge in [-0.25, -0.2) is 0 Å². The summed E-state index contributed by atoms with van der Waals surface area (Å²) in [6.45, 7) is 7.13. The molecule has 1 aromatic heterocycles. The fourth-order valence-corrected chi connectivity index (χ4v) is 4.13. The van der Waals surface area contributed by atoms with E-state index in [0.717, 1.165) is 34.3 Å². The monoisotopic (exact) mass is 420 g/mol. The SMILES string of the molecule is CCC(=O)c1c(C)n(CC(=O)N[C@H](C)c2ccc3c(c2)OCCCO3)c2ccccc12. The van der Waals surface area contributed by atoms with Crippen molar-refractivity contribution in [2.24, 2.45) is 0 Å². The van der Waals surface area contributed by atoms with Gasteiger partial charge in [-0.3, -0.25) is 9.59 Å². The van der Waals surface area contributed by atoms with Crippen LogP contribution >= 0.6 is 0 Å². The number of aromatic nitrogens is 1. The van der Waals surface area contributed by atoms with Gasteiger partial charge in [-0.05, 0) is 37.6 Å². The Bertz CT molecular complexity index is 1130. The minimum absolute atomic E-state index is 0.0911. The molecule has 0 aliphatic carbocycles. The van der Waals surface area contributed by atoms with Gasteiger partial charge in [0.2, 0.25) is 5.91 Å². The minimum atomic E-state index is -0.191. The number of benzene rings is 2. The van der Waals surface area contributed by atoms with Gasteiger partial charge in [-0.15, -0.1) is 0 Å². The molecule has 6 nitrogen and oxygen atoms in total. The summed E-state index contributed by atoms with van der Waals surface area (Å²) in [4.78, 5) is 25.4. The van der Waals surface area contributed by atoms with Crippen LogP contribution in [-0.4, -0.2) is 29.5 Å². The Hall–Kier alpha value is -3.28. The molecule has 0 saturated carbocycles. The third-order valence-corrected chi connectivity index (χ3v) is 5.78. The second-order valence-electron chi connectivity index (χ2n) is 7.89. The Kier molecular flexibility index (Phi) is 5.98. The molecule has 0 spiro atoms. The van der Waals surface area contributed by atoms with E-state index < -0.39 is 0 Å². The van der Waals surface area contributed by atoms with E-state index in [-0.39, 0.29) is 24.3 Å². The van der Waals surface area contributed by atoms with Crippen LogP contribution in [0.4, 0.5) is 0 Å². The summed E-state index contributed by atoms with van der Waals surface area (Å²) in [6.07, 6.45) is 1.28. The molecule has 0 saturated heterocycles. The zero-order valence-electron chi connectivity index (χ0n) is 18.2. The van der Waals surface area contributed by atoms with E-state index in [0.29, 0.717) is 30.9 Å². The third-order valence-electron chi connectivity index (χ3n) is 5.78. The van der Waals surface area contributed by atoms with Crippen molar-refractivity contribution in [3.8, 4) is 11.5 Å². The van der Waals surface area contributed by atoms with Gasteiger partial charge >= 0.3 is 0 Å². The van der Waals surface area contributed by atoms with Crippen molar-refractivity contribution in [2.45, 2.75) is 46.2 Å². The molecule has 3 aromatic rings. The van der Waals surface area contributed by atoms with Crippen LogP contribution in [-0.2, 0) is 11.3 Å². The standard InChI is InChI=1S/C25H28N2O4/c1-4-21(28)25-17(3)27(20-9-6-5-8-19(20)25)15-24(29)26-16(2)18-10-11-22-23(14-18)31-13-7-12-30-22/h5-6,8-11,14,16H,4,7,12-13,15H2,1-3H3,(H,26,29)/t16-/m1/s1. The smallest absolute Gasteiger partial charge is 0.240 e. The summed E-state index contributed by atoms with van der Waals surface area (Å²) >= 11 is 0. The van der Waals surface area contributed by atoms with Crippen LogP contribution in [0.3, 0.4) is 0 Å². The summed E-state index contributed by atoms with van der Waals surface area (Å²) < 4.78 is 13.4. The van der Waals surface area contributed by atoms with E-state index in [2.05, 4.69) is 5.32 Å². The van der Waals surface area contributed by atoms with Gasteiger partial charge in [0.25, 0.3) is 0 Å². The van der Waals surface area contributed by atoms with Crippen molar-refractivity contribution in [1.82, 2.24) is 9.88 Å². The van der Waals surface area contributed by atoms with Crippen LogP contribution < -0.4 is 14.8 Å². The van der Waals surface area contributed by atoms with Gasteiger partial charge in [-0.1, -0.05) is 31.2 Å². The number of fused-ring (bicyclic) bond motifs is 2. The van der Waals surface area contributed by atoms with E-state index in [1.54, 1.807) is 0 Å². The Labute approximate surface area is 182 Å². The Balaban J connectivity index is 1.54. The summed E-state index contributed by atoms with van der Waals surface area (Å²) in [5.41, 5.74) is 3.39. The first-order valence-electron chi connectivity index (χ1n) is 10.8. The number of ketones is 1. The first-order valence-corrected chi connectivity index (χ1v) is 10.8. The van der Waals surface area contributed by atoms with Crippen molar-refractivity contribution in [1.29, 1.82) is 0 Å². The number of para-hydroxylation sites is 1. The Morgan fingerprint density at radius 1 is 1.10 bits per heavy atom. The average Bonchev–Trinajstić information content (AvgIpc) is 2.92. The number of amides is 1. The number of carbonyl (C=O) groups is 2. The number of hydrogen-bond donors (Lipinski definition) is 1. The quantitative estimate of drug-likeness (QED) is 0.593. The maximum absolute atomic E-state index is 12.9. The molecule has 0 bridgehead atoms. The number of ether oxygens (including phenoxy) is 2. The highest BCUT2D eigenvalue weighted by molar-refractivity contribution is 6.09. The molecule has 4 rings (SSSR count). The largest absolute Gasteiger partial charge is 0.490 e. The lowest BCUT2D eigenvalue weighted by atomic mass is 10.1. The van der Waals surface area contributed by atoms with Gasteiger partial charge in [0.05, 0.1) is 19.3 Å². The second-order valence-corrected chi connectivity index (χ2v) is 7.89. The van der Waals surface area contributed by atoms with Gasteiger partial charge in [0, 0.05) is 35.0 Å². The van der Waals surface area contributed by atoms with Gasteiger partial charge in [0.15, 0.2) is 17.3 Å². The van der Waals surface area contributed by atoms with E-state index in [1.807, 2.05) is 67.8 Å². The van der Waals surface area contributed by atoms with Gasteiger partial charge in [-0.2, -0.15) is 0 Å². The molecule has 1 atom stereocenters. The predicted molar refractivity (Wildman–Crippen MR) is 120 cm³/mol.